The Morgan fingerprint density at radius 2 is 1.92 bits per heavy atom. The van der Waals surface area contributed by atoms with Crippen molar-refractivity contribution in [2.45, 2.75) is 0 Å². The van der Waals surface area contributed by atoms with Gasteiger partial charge in [-0.25, -0.2) is 14.4 Å². The summed E-state index contributed by atoms with van der Waals surface area (Å²) in [5.74, 6) is 0.0551. The van der Waals surface area contributed by atoms with E-state index in [-0.39, 0.29) is 5.82 Å². The molecule has 0 bridgehead atoms. The molecular weight excluding hydrogens is 359 g/mol. The molecule has 0 saturated carbocycles. The van der Waals surface area contributed by atoms with E-state index < -0.39 is 16.0 Å². The van der Waals surface area contributed by atoms with Crippen molar-refractivity contribution < 1.29 is 9.31 Å². The first-order chi connectivity index (χ1) is 12.5. The number of pyridine rings is 1. The van der Waals surface area contributed by atoms with Crippen LogP contribution in [0.25, 0.3) is 27.2 Å². The molecule has 0 N–H and O–H groups in total. The first kappa shape index (κ1) is 16.0. The third kappa shape index (κ3) is 2.64. The van der Waals surface area contributed by atoms with Gasteiger partial charge in [0.1, 0.15) is 22.8 Å². The molecule has 4 aromatic rings. The Morgan fingerprint density at radius 1 is 1.15 bits per heavy atom. The average molecular weight is 368 g/mol. The maximum Gasteiger partial charge on any atom is 0.332 e. The number of hydrogen-bond donors (Lipinski definition) is 0. The van der Waals surface area contributed by atoms with Crippen molar-refractivity contribution >= 4 is 27.2 Å². The highest BCUT2D eigenvalue weighted by Gasteiger charge is 2.17. The largest absolute Gasteiger partial charge is 0.332 e. The number of benzene rings is 1. The predicted octanol–water partition coefficient (Wildman–Crippen LogP) is 3.56. The molecule has 0 unspecified atom stereocenters. The molecule has 0 amide bonds. The van der Waals surface area contributed by atoms with Crippen LogP contribution in [0.5, 0.6) is 0 Å². The second-order valence-electron chi connectivity index (χ2n) is 5.39. The van der Waals surface area contributed by atoms with Crippen molar-refractivity contribution in [2.75, 3.05) is 0 Å². The van der Waals surface area contributed by atoms with Gasteiger partial charge in [-0.1, -0.05) is 12.1 Å². The van der Waals surface area contributed by atoms with Crippen molar-refractivity contribution in [1.29, 1.82) is 0 Å². The molecule has 0 aliphatic rings. The minimum absolute atomic E-state index is 0.346. The lowest BCUT2D eigenvalue weighted by Crippen LogP contribution is -2.11. The van der Waals surface area contributed by atoms with Crippen LogP contribution in [0.3, 0.4) is 0 Å². The SMILES string of the molecule is O=c1ccn(-c2ncnc3scc(-c4ccc(F)cc4)c23)cc1[N+](=O)[O-]. The van der Waals surface area contributed by atoms with E-state index >= 15 is 0 Å². The van der Waals surface area contributed by atoms with Gasteiger partial charge >= 0.3 is 5.69 Å². The maximum atomic E-state index is 13.2. The molecular formula is C17H9FN4O3S. The van der Waals surface area contributed by atoms with E-state index in [1.807, 2.05) is 5.38 Å². The smallest absolute Gasteiger partial charge is 0.301 e. The zero-order valence-electron chi connectivity index (χ0n) is 13.0. The molecule has 0 aliphatic carbocycles. The third-order valence-electron chi connectivity index (χ3n) is 3.85. The summed E-state index contributed by atoms with van der Waals surface area (Å²) in [6.07, 6.45) is 3.91. The molecule has 0 radical (unpaired) electrons. The molecule has 3 aromatic heterocycles. The third-order valence-corrected chi connectivity index (χ3v) is 4.73. The topological polar surface area (TPSA) is 90.9 Å². The fraction of sp³-hybridized carbons (Fsp3) is 0. The summed E-state index contributed by atoms with van der Waals surface area (Å²) in [5.41, 5.74) is 0.324. The molecule has 0 atom stereocenters. The lowest BCUT2D eigenvalue weighted by molar-refractivity contribution is -0.386. The number of hydrogen-bond acceptors (Lipinski definition) is 6. The molecule has 0 saturated heterocycles. The number of rotatable bonds is 3. The summed E-state index contributed by atoms with van der Waals surface area (Å²) in [6, 6.07) is 7.11. The van der Waals surface area contributed by atoms with Crippen LogP contribution < -0.4 is 5.43 Å². The summed E-state index contributed by atoms with van der Waals surface area (Å²) in [5, 5.41) is 13.6. The van der Waals surface area contributed by atoms with E-state index in [2.05, 4.69) is 9.97 Å². The molecule has 0 spiro atoms. The molecule has 7 nitrogen and oxygen atoms in total. The number of aromatic nitrogens is 3. The molecule has 128 valence electrons. The summed E-state index contributed by atoms with van der Waals surface area (Å²) in [6.45, 7) is 0. The fourth-order valence-electron chi connectivity index (χ4n) is 2.64. The van der Waals surface area contributed by atoms with Crippen molar-refractivity contribution in [3.05, 3.63) is 80.6 Å². The van der Waals surface area contributed by atoms with E-state index in [1.54, 1.807) is 12.1 Å². The molecule has 0 aliphatic heterocycles. The van der Waals surface area contributed by atoms with Crippen LogP contribution in [0.4, 0.5) is 10.1 Å². The number of nitro groups is 1. The van der Waals surface area contributed by atoms with Crippen molar-refractivity contribution in [3.63, 3.8) is 0 Å². The number of halogens is 1. The summed E-state index contributed by atoms with van der Waals surface area (Å²) in [7, 11) is 0. The first-order valence-corrected chi connectivity index (χ1v) is 8.28. The van der Waals surface area contributed by atoms with Gasteiger partial charge in [0.2, 0.25) is 0 Å². The van der Waals surface area contributed by atoms with Crippen LogP contribution in [0.2, 0.25) is 0 Å². The van der Waals surface area contributed by atoms with Crippen LogP contribution in [0, 0.1) is 15.9 Å². The number of thiophene rings is 1. The van der Waals surface area contributed by atoms with Gasteiger partial charge in [-0.05, 0) is 17.7 Å². The normalized spacial score (nSPS) is 11.0. The van der Waals surface area contributed by atoms with Crippen LogP contribution in [0.1, 0.15) is 0 Å². The summed E-state index contributed by atoms with van der Waals surface area (Å²) in [4.78, 5) is 31.1. The minimum atomic E-state index is -0.730. The highest BCUT2D eigenvalue weighted by Crippen LogP contribution is 2.35. The van der Waals surface area contributed by atoms with Gasteiger partial charge in [0.15, 0.2) is 0 Å². The fourth-order valence-corrected chi connectivity index (χ4v) is 3.55. The van der Waals surface area contributed by atoms with Crippen molar-refractivity contribution in [2.24, 2.45) is 0 Å². The Labute approximate surface area is 149 Å². The Balaban J connectivity index is 1.98. The molecule has 9 heteroatoms. The number of fused-ring (bicyclic) bond motifs is 1. The molecule has 4 rings (SSSR count). The monoisotopic (exact) mass is 368 g/mol. The van der Waals surface area contributed by atoms with Gasteiger partial charge in [0.05, 0.1) is 16.5 Å². The Bertz CT molecular complexity index is 1200. The Morgan fingerprint density at radius 3 is 2.65 bits per heavy atom. The van der Waals surface area contributed by atoms with E-state index in [4.69, 9.17) is 0 Å². The minimum Gasteiger partial charge on any atom is -0.301 e. The van der Waals surface area contributed by atoms with Gasteiger partial charge in [0, 0.05) is 23.2 Å². The molecule has 1 aromatic carbocycles. The molecule has 0 fully saturated rings. The molecule has 26 heavy (non-hydrogen) atoms. The molecule has 3 heterocycles. The van der Waals surface area contributed by atoms with Crippen molar-refractivity contribution in [3.8, 4) is 16.9 Å². The van der Waals surface area contributed by atoms with Gasteiger partial charge in [-0.15, -0.1) is 11.3 Å². The first-order valence-electron chi connectivity index (χ1n) is 7.40. The average Bonchev–Trinajstić information content (AvgIpc) is 3.07. The summed E-state index contributed by atoms with van der Waals surface area (Å²) < 4.78 is 14.6. The lowest BCUT2D eigenvalue weighted by Gasteiger charge is -2.08. The van der Waals surface area contributed by atoms with E-state index in [0.29, 0.717) is 16.0 Å². The van der Waals surface area contributed by atoms with Gasteiger partial charge < -0.3 is 4.57 Å². The van der Waals surface area contributed by atoms with Crippen LogP contribution >= 0.6 is 11.3 Å². The second-order valence-corrected chi connectivity index (χ2v) is 6.25. The van der Waals surface area contributed by atoms with Crippen LogP contribution in [-0.2, 0) is 0 Å². The number of nitrogens with zero attached hydrogens (tertiary/aromatic N) is 4. The maximum absolute atomic E-state index is 13.2. The van der Waals surface area contributed by atoms with Gasteiger partial charge in [-0.2, -0.15) is 0 Å². The van der Waals surface area contributed by atoms with Crippen LogP contribution in [0.15, 0.2) is 59.2 Å². The standard InChI is InChI=1S/C17H9FN4O3S/c18-11-3-1-10(2-4-11)12-8-26-17-15(12)16(19-9-20-17)21-6-5-14(23)13(7-21)22(24)25/h1-9H. The Kier molecular flexibility index (Phi) is 3.77. The zero-order chi connectivity index (χ0) is 18.3. The predicted molar refractivity (Wildman–Crippen MR) is 95.1 cm³/mol. The zero-order valence-corrected chi connectivity index (χ0v) is 13.8. The summed E-state index contributed by atoms with van der Waals surface area (Å²) >= 11 is 1.38. The van der Waals surface area contributed by atoms with E-state index in [9.17, 15) is 19.3 Å². The highest BCUT2D eigenvalue weighted by molar-refractivity contribution is 7.17. The Hall–Kier alpha value is -3.46. The van der Waals surface area contributed by atoms with Gasteiger partial charge in [-0.3, -0.25) is 14.9 Å². The van der Waals surface area contributed by atoms with Gasteiger partial charge in [0.25, 0.3) is 5.43 Å². The quantitative estimate of drug-likeness (QED) is 0.407. The lowest BCUT2D eigenvalue weighted by atomic mass is 10.1. The second kappa shape index (κ2) is 6.12. The van der Waals surface area contributed by atoms with E-state index in [0.717, 1.165) is 23.4 Å². The highest BCUT2D eigenvalue weighted by atomic mass is 32.1. The van der Waals surface area contributed by atoms with Crippen LogP contribution in [-0.4, -0.2) is 19.5 Å². The van der Waals surface area contributed by atoms with Crippen molar-refractivity contribution in [1.82, 2.24) is 14.5 Å². The van der Waals surface area contributed by atoms with E-state index in [1.165, 1.54) is 40.6 Å².